The summed E-state index contributed by atoms with van der Waals surface area (Å²) in [4.78, 5) is 0.0672. The lowest BCUT2D eigenvalue weighted by molar-refractivity contribution is 0.226. The first kappa shape index (κ1) is 17.2. The van der Waals surface area contributed by atoms with Crippen LogP contribution in [0.25, 0.3) is 6.08 Å². The number of hydrogen-bond donors (Lipinski definition) is 1. The molecule has 0 fully saturated rings. The molecule has 0 aliphatic carbocycles. The van der Waals surface area contributed by atoms with E-state index >= 15 is 0 Å². The number of benzene rings is 2. The summed E-state index contributed by atoms with van der Waals surface area (Å²) in [6, 6.07) is 15.4. The minimum Gasteiger partial charge on any atom is -0.497 e. The third-order valence-electron chi connectivity index (χ3n) is 3.10. The second-order valence-electron chi connectivity index (χ2n) is 4.80. The average Bonchev–Trinajstić information content (AvgIpc) is 2.59. The molecule has 1 atom stereocenters. The number of methoxy groups -OCH3 is 1. The van der Waals surface area contributed by atoms with Gasteiger partial charge in [0.1, 0.15) is 5.75 Å². The van der Waals surface area contributed by atoms with E-state index in [1.807, 2.05) is 30.3 Å². The molecule has 1 radical (unpaired) electrons. The van der Waals surface area contributed by atoms with Crippen LogP contribution in [0.3, 0.4) is 0 Å². The molecule has 0 saturated carbocycles. The number of nitrogens with zero attached hydrogens (tertiary/aromatic N) is 1. The van der Waals surface area contributed by atoms with Gasteiger partial charge in [-0.25, -0.2) is 8.42 Å². The number of ether oxygens (including phenoxy) is 1. The second-order valence-corrected chi connectivity index (χ2v) is 6.48. The highest BCUT2D eigenvalue weighted by Crippen LogP contribution is 2.15. The van der Waals surface area contributed by atoms with Gasteiger partial charge in [-0.05, 0) is 29.8 Å². The predicted molar refractivity (Wildman–Crippen MR) is 88.7 cm³/mol. The fourth-order valence-electron chi connectivity index (χ4n) is 1.84. The van der Waals surface area contributed by atoms with E-state index in [0.717, 1.165) is 5.56 Å². The Kier molecular flexibility index (Phi) is 5.92. The molecule has 121 valence electrons. The van der Waals surface area contributed by atoms with Crippen LogP contribution in [0, 0.1) is 0 Å². The Hall–Kier alpha value is -2.15. The summed E-state index contributed by atoms with van der Waals surface area (Å²) < 4.78 is 32.7. The molecule has 0 aliphatic heterocycles. The summed E-state index contributed by atoms with van der Waals surface area (Å²) in [6.45, 7) is -0.225. The fraction of sp³-hybridized carbons (Fsp3) is 0.176. The van der Waals surface area contributed by atoms with Crippen LogP contribution >= 0.6 is 0 Å². The summed E-state index contributed by atoms with van der Waals surface area (Å²) >= 11 is 0. The van der Waals surface area contributed by atoms with E-state index in [9.17, 15) is 13.5 Å². The van der Waals surface area contributed by atoms with Crippen LogP contribution in [0.4, 0.5) is 0 Å². The molecule has 2 aromatic rings. The zero-order valence-corrected chi connectivity index (χ0v) is 13.5. The van der Waals surface area contributed by atoms with Gasteiger partial charge in [0.15, 0.2) is 0 Å². The summed E-state index contributed by atoms with van der Waals surface area (Å²) in [5.41, 5.74) is 0.921. The fourth-order valence-corrected chi connectivity index (χ4v) is 2.82. The van der Waals surface area contributed by atoms with Crippen molar-refractivity contribution < 1.29 is 18.3 Å². The van der Waals surface area contributed by atoms with Crippen molar-refractivity contribution in [3.63, 3.8) is 0 Å². The molecular formula is C17H18NO4S. The van der Waals surface area contributed by atoms with Crippen molar-refractivity contribution in [3.05, 3.63) is 66.2 Å². The van der Waals surface area contributed by atoms with Gasteiger partial charge in [0.25, 0.3) is 10.0 Å². The van der Waals surface area contributed by atoms with Crippen molar-refractivity contribution >= 4 is 16.1 Å². The summed E-state index contributed by atoms with van der Waals surface area (Å²) in [5.74, 6) is 0.565. The maximum Gasteiger partial charge on any atom is 0.256 e. The molecule has 1 N–H and O–H groups in total. The molecule has 1 unspecified atom stereocenters. The summed E-state index contributed by atoms with van der Waals surface area (Å²) in [5, 5.41) is 9.84. The molecule has 0 aromatic heterocycles. The third kappa shape index (κ3) is 5.21. The standard InChI is InChI=1S/C17H18NO4S/c1-22-16-9-11-17(12-10-16)23(20,21)18-13-15(19)8-7-14-5-3-2-4-6-14/h2-12,15,19H,13H2,1H3/b8-7+. The molecule has 2 rings (SSSR count). The molecular weight excluding hydrogens is 314 g/mol. The lowest BCUT2D eigenvalue weighted by atomic mass is 10.2. The van der Waals surface area contributed by atoms with Crippen molar-refractivity contribution in [2.75, 3.05) is 13.7 Å². The number of rotatable bonds is 7. The van der Waals surface area contributed by atoms with Gasteiger partial charge < -0.3 is 9.84 Å². The van der Waals surface area contributed by atoms with Crippen molar-refractivity contribution in [2.45, 2.75) is 11.0 Å². The highest BCUT2D eigenvalue weighted by Gasteiger charge is 2.16. The Bertz CT molecular complexity index is 740. The number of aliphatic hydroxyl groups excluding tert-OH is 1. The molecule has 5 nitrogen and oxygen atoms in total. The van der Waals surface area contributed by atoms with Crippen LogP contribution in [0.2, 0.25) is 0 Å². The summed E-state index contributed by atoms with van der Waals surface area (Å²) in [7, 11) is -2.28. The first-order valence-corrected chi connectivity index (χ1v) is 8.44. The third-order valence-corrected chi connectivity index (χ3v) is 4.46. The first-order chi connectivity index (χ1) is 11.0. The van der Waals surface area contributed by atoms with Crippen LogP contribution in [0.5, 0.6) is 5.75 Å². The van der Waals surface area contributed by atoms with Crippen molar-refractivity contribution in [1.29, 1.82) is 0 Å². The monoisotopic (exact) mass is 332 g/mol. The Balaban J connectivity index is 1.94. The van der Waals surface area contributed by atoms with Gasteiger partial charge in [-0.1, -0.05) is 42.5 Å². The normalized spacial score (nSPS) is 13.1. The lowest BCUT2D eigenvalue weighted by Gasteiger charge is -2.08. The zero-order valence-electron chi connectivity index (χ0n) is 12.7. The van der Waals surface area contributed by atoms with Crippen LogP contribution in [-0.4, -0.2) is 33.3 Å². The van der Waals surface area contributed by atoms with Crippen molar-refractivity contribution in [1.82, 2.24) is 4.72 Å². The van der Waals surface area contributed by atoms with E-state index in [1.54, 1.807) is 18.2 Å². The maximum absolute atomic E-state index is 12.1. The minimum absolute atomic E-state index is 0.0672. The van der Waals surface area contributed by atoms with E-state index < -0.39 is 16.1 Å². The van der Waals surface area contributed by atoms with Crippen LogP contribution in [0.15, 0.2) is 65.6 Å². The molecule has 6 heteroatoms. The molecule has 0 saturated heterocycles. The van der Waals surface area contributed by atoms with Gasteiger partial charge in [0.05, 0.1) is 24.7 Å². The van der Waals surface area contributed by atoms with Gasteiger partial charge in [-0.15, -0.1) is 4.72 Å². The van der Waals surface area contributed by atoms with Gasteiger partial charge in [0.2, 0.25) is 0 Å². The molecule has 23 heavy (non-hydrogen) atoms. The van der Waals surface area contributed by atoms with Gasteiger partial charge in [-0.3, -0.25) is 0 Å². The quantitative estimate of drug-likeness (QED) is 0.842. The SMILES string of the molecule is COc1ccc(S(=O)(=O)[N]CC(O)/C=C/c2ccccc2)cc1. The zero-order chi connectivity index (χ0) is 16.7. The highest BCUT2D eigenvalue weighted by atomic mass is 32.2. The van der Waals surface area contributed by atoms with Crippen LogP contribution < -0.4 is 9.46 Å². The molecule has 0 amide bonds. The van der Waals surface area contributed by atoms with Gasteiger partial charge >= 0.3 is 0 Å². The highest BCUT2D eigenvalue weighted by molar-refractivity contribution is 7.89. The van der Waals surface area contributed by atoms with Gasteiger partial charge in [0, 0.05) is 0 Å². The molecule has 0 spiro atoms. The molecule has 0 aliphatic rings. The molecule has 0 heterocycles. The number of aliphatic hydroxyl groups is 1. The Morgan fingerprint density at radius 2 is 1.78 bits per heavy atom. The Morgan fingerprint density at radius 1 is 1.13 bits per heavy atom. The van der Waals surface area contributed by atoms with E-state index in [0.29, 0.717) is 5.75 Å². The van der Waals surface area contributed by atoms with Crippen molar-refractivity contribution in [2.24, 2.45) is 0 Å². The van der Waals surface area contributed by atoms with E-state index in [4.69, 9.17) is 4.74 Å². The van der Waals surface area contributed by atoms with E-state index in [1.165, 1.54) is 25.3 Å². The summed E-state index contributed by atoms with van der Waals surface area (Å²) in [6.07, 6.45) is 2.27. The second kappa shape index (κ2) is 7.92. The topological polar surface area (TPSA) is 77.7 Å². The Labute approximate surface area is 136 Å². The van der Waals surface area contributed by atoms with Crippen LogP contribution in [0.1, 0.15) is 5.56 Å². The minimum atomic E-state index is -3.79. The largest absolute Gasteiger partial charge is 0.497 e. The predicted octanol–water partition coefficient (Wildman–Crippen LogP) is 2.06. The number of sulfonamides is 1. The van der Waals surface area contributed by atoms with Crippen LogP contribution in [-0.2, 0) is 10.0 Å². The lowest BCUT2D eigenvalue weighted by Crippen LogP contribution is -2.25. The van der Waals surface area contributed by atoms with Gasteiger partial charge in [-0.2, -0.15) is 0 Å². The average molecular weight is 332 g/mol. The first-order valence-electron chi connectivity index (χ1n) is 7.00. The molecule has 0 bridgehead atoms. The number of hydrogen-bond acceptors (Lipinski definition) is 4. The molecule has 2 aromatic carbocycles. The Morgan fingerprint density at radius 3 is 2.39 bits per heavy atom. The maximum atomic E-state index is 12.1. The van der Waals surface area contributed by atoms with E-state index in [-0.39, 0.29) is 11.4 Å². The smallest absolute Gasteiger partial charge is 0.256 e. The van der Waals surface area contributed by atoms with E-state index in [2.05, 4.69) is 4.72 Å². The van der Waals surface area contributed by atoms with Crippen molar-refractivity contribution in [3.8, 4) is 5.75 Å².